The van der Waals surface area contributed by atoms with Gasteiger partial charge in [-0.3, -0.25) is 4.90 Å². The summed E-state index contributed by atoms with van der Waals surface area (Å²) in [7, 11) is 3.78. The summed E-state index contributed by atoms with van der Waals surface area (Å²) >= 11 is 0. The van der Waals surface area contributed by atoms with E-state index in [1.54, 1.807) is 7.11 Å². The second-order valence-electron chi connectivity index (χ2n) is 6.47. The molecule has 0 aliphatic carbocycles. The van der Waals surface area contributed by atoms with Crippen LogP contribution in [0.1, 0.15) is 25.3 Å². The van der Waals surface area contributed by atoms with Crippen LogP contribution in [0.15, 0.2) is 18.3 Å². The van der Waals surface area contributed by atoms with Gasteiger partial charge in [-0.2, -0.15) is 0 Å². The Balaban J connectivity index is 0.00000288. The number of likely N-dealkylation sites (N-methyl/N-ethyl adjacent to an activating group) is 1. The van der Waals surface area contributed by atoms with Crippen LogP contribution in [0.2, 0.25) is 0 Å². The molecule has 0 spiro atoms. The maximum Gasteiger partial charge on any atom is 0.128 e. The Morgan fingerprint density at radius 3 is 2.67 bits per heavy atom. The highest BCUT2D eigenvalue weighted by Crippen LogP contribution is 2.19. The predicted molar refractivity (Wildman–Crippen MR) is 103 cm³/mol. The van der Waals surface area contributed by atoms with Gasteiger partial charge in [-0.25, -0.2) is 4.98 Å². The standard InChI is InChI=1S/C18H32N4O.ClH/c1-4-19-13-16-7-9-22(10-8-16)15-17-5-6-18(20-14-17)21(2)11-12-23-3;/h5-6,14,16,19H,4,7-13,15H2,1-3H3;1H. The van der Waals surface area contributed by atoms with E-state index in [-0.39, 0.29) is 12.4 Å². The van der Waals surface area contributed by atoms with E-state index in [1.807, 2.05) is 6.20 Å². The number of piperidine rings is 1. The Morgan fingerprint density at radius 2 is 2.08 bits per heavy atom. The van der Waals surface area contributed by atoms with Crippen molar-refractivity contribution in [3.05, 3.63) is 23.9 Å². The van der Waals surface area contributed by atoms with Crippen LogP contribution < -0.4 is 10.2 Å². The molecule has 1 aromatic rings. The lowest BCUT2D eigenvalue weighted by atomic mass is 9.96. The zero-order valence-electron chi connectivity index (χ0n) is 15.3. The lowest BCUT2D eigenvalue weighted by molar-refractivity contribution is 0.175. The first-order valence-corrected chi connectivity index (χ1v) is 8.81. The van der Waals surface area contributed by atoms with Gasteiger partial charge < -0.3 is 15.0 Å². The van der Waals surface area contributed by atoms with Crippen molar-refractivity contribution in [2.45, 2.75) is 26.3 Å². The number of likely N-dealkylation sites (tertiary alicyclic amines) is 1. The molecule has 1 N–H and O–H groups in total. The number of halogens is 1. The molecule has 1 aliphatic heterocycles. The fourth-order valence-corrected chi connectivity index (χ4v) is 3.03. The molecule has 2 heterocycles. The van der Waals surface area contributed by atoms with Gasteiger partial charge in [-0.1, -0.05) is 13.0 Å². The zero-order chi connectivity index (χ0) is 16.5. The SMILES string of the molecule is CCNCC1CCN(Cc2ccc(N(C)CCOC)nc2)CC1.Cl. The molecule has 24 heavy (non-hydrogen) atoms. The summed E-state index contributed by atoms with van der Waals surface area (Å²) in [5.41, 5.74) is 1.30. The number of hydrogen-bond acceptors (Lipinski definition) is 5. The van der Waals surface area contributed by atoms with Gasteiger partial charge in [0.25, 0.3) is 0 Å². The van der Waals surface area contributed by atoms with E-state index in [1.165, 1.54) is 38.0 Å². The normalized spacial score (nSPS) is 16.0. The molecule has 0 saturated carbocycles. The number of anilines is 1. The molecule has 6 heteroatoms. The van der Waals surface area contributed by atoms with Gasteiger partial charge in [0.1, 0.15) is 5.82 Å². The van der Waals surface area contributed by atoms with Gasteiger partial charge in [0.15, 0.2) is 0 Å². The summed E-state index contributed by atoms with van der Waals surface area (Å²) in [4.78, 5) is 9.26. The molecule has 0 amide bonds. The van der Waals surface area contributed by atoms with Gasteiger partial charge in [0, 0.05) is 33.4 Å². The molecule has 1 aliphatic rings. The predicted octanol–water partition coefficient (Wildman–Crippen LogP) is 2.41. The minimum absolute atomic E-state index is 0. The molecule has 5 nitrogen and oxygen atoms in total. The van der Waals surface area contributed by atoms with Gasteiger partial charge >= 0.3 is 0 Å². The summed E-state index contributed by atoms with van der Waals surface area (Å²) in [6, 6.07) is 4.32. The topological polar surface area (TPSA) is 40.6 Å². The highest BCUT2D eigenvalue weighted by molar-refractivity contribution is 5.85. The molecule has 0 atom stereocenters. The largest absolute Gasteiger partial charge is 0.383 e. The molecule has 1 fully saturated rings. The van der Waals surface area contributed by atoms with Crippen LogP contribution in [-0.4, -0.2) is 63.4 Å². The Morgan fingerprint density at radius 1 is 1.33 bits per heavy atom. The molecular formula is C18H33ClN4O. The first kappa shape index (κ1) is 21.2. The second-order valence-corrected chi connectivity index (χ2v) is 6.47. The molecule has 0 aromatic carbocycles. The fraction of sp³-hybridized carbons (Fsp3) is 0.722. The third-order valence-electron chi connectivity index (χ3n) is 4.63. The van der Waals surface area contributed by atoms with Gasteiger partial charge in [-0.15, -0.1) is 12.4 Å². The Labute approximate surface area is 153 Å². The van der Waals surface area contributed by atoms with Crippen molar-refractivity contribution in [1.29, 1.82) is 0 Å². The maximum absolute atomic E-state index is 5.11. The number of nitrogens with one attached hydrogen (secondary N) is 1. The number of aromatic nitrogens is 1. The smallest absolute Gasteiger partial charge is 0.128 e. The maximum atomic E-state index is 5.11. The number of methoxy groups -OCH3 is 1. The van der Waals surface area contributed by atoms with Crippen molar-refractivity contribution in [2.75, 3.05) is 58.4 Å². The average Bonchev–Trinajstić information content (AvgIpc) is 2.59. The van der Waals surface area contributed by atoms with Crippen LogP contribution in [0.3, 0.4) is 0 Å². The molecule has 2 rings (SSSR count). The average molecular weight is 357 g/mol. The van der Waals surface area contributed by atoms with Crippen molar-refractivity contribution in [2.24, 2.45) is 5.92 Å². The van der Waals surface area contributed by atoms with E-state index < -0.39 is 0 Å². The van der Waals surface area contributed by atoms with Crippen molar-refractivity contribution in [1.82, 2.24) is 15.2 Å². The minimum Gasteiger partial charge on any atom is -0.383 e. The molecule has 1 aromatic heterocycles. The second kappa shape index (κ2) is 11.6. The minimum atomic E-state index is 0. The van der Waals surface area contributed by atoms with Crippen LogP contribution in [-0.2, 0) is 11.3 Å². The van der Waals surface area contributed by atoms with Crippen LogP contribution in [0.25, 0.3) is 0 Å². The zero-order valence-corrected chi connectivity index (χ0v) is 16.1. The third-order valence-corrected chi connectivity index (χ3v) is 4.63. The Kier molecular flexibility index (Phi) is 10.3. The number of ether oxygens (including phenoxy) is 1. The summed E-state index contributed by atoms with van der Waals surface area (Å²) in [5, 5.41) is 3.47. The number of rotatable bonds is 9. The summed E-state index contributed by atoms with van der Waals surface area (Å²) in [5.74, 6) is 1.86. The Bertz CT molecular complexity index is 435. The van der Waals surface area contributed by atoms with Crippen molar-refractivity contribution < 1.29 is 4.74 Å². The van der Waals surface area contributed by atoms with E-state index in [0.717, 1.165) is 38.0 Å². The van der Waals surface area contributed by atoms with E-state index in [2.05, 4.69) is 46.2 Å². The van der Waals surface area contributed by atoms with Gasteiger partial charge in [-0.05, 0) is 56.6 Å². The summed E-state index contributed by atoms with van der Waals surface area (Å²) in [6.07, 6.45) is 4.62. The quantitative estimate of drug-likeness (QED) is 0.735. The number of hydrogen-bond donors (Lipinski definition) is 1. The highest BCUT2D eigenvalue weighted by Gasteiger charge is 2.18. The van der Waals surface area contributed by atoms with Gasteiger partial charge in [0.2, 0.25) is 0 Å². The van der Waals surface area contributed by atoms with E-state index in [9.17, 15) is 0 Å². The number of pyridine rings is 1. The number of nitrogens with zero attached hydrogens (tertiary/aromatic N) is 3. The van der Waals surface area contributed by atoms with Gasteiger partial charge in [0.05, 0.1) is 6.61 Å². The van der Waals surface area contributed by atoms with Crippen LogP contribution in [0.4, 0.5) is 5.82 Å². The third kappa shape index (κ3) is 6.93. The molecule has 1 saturated heterocycles. The molecule has 138 valence electrons. The highest BCUT2D eigenvalue weighted by atomic mass is 35.5. The Hall–Kier alpha value is -0.880. The van der Waals surface area contributed by atoms with E-state index in [4.69, 9.17) is 4.74 Å². The summed E-state index contributed by atoms with van der Waals surface area (Å²) in [6.45, 7) is 9.44. The first-order valence-electron chi connectivity index (χ1n) is 8.81. The van der Waals surface area contributed by atoms with E-state index in [0.29, 0.717) is 0 Å². The summed E-state index contributed by atoms with van der Waals surface area (Å²) < 4.78 is 5.11. The van der Waals surface area contributed by atoms with Crippen LogP contribution in [0.5, 0.6) is 0 Å². The molecular weight excluding hydrogens is 324 g/mol. The van der Waals surface area contributed by atoms with Crippen molar-refractivity contribution >= 4 is 18.2 Å². The monoisotopic (exact) mass is 356 g/mol. The first-order chi connectivity index (χ1) is 11.2. The lowest BCUT2D eigenvalue weighted by Crippen LogP contribution is -2.36. The molecule has 0 bridgehead atoms. The van der Waals surface area contributed by atoms with E-state index >= 15 is 0 Å². The molecule has 0 radical (unpaired) electrons. The van der Waals surface area contributed by atoms with Crippen LogP contribution >= 0.6 is 12.4 Å². The molecule has 0 unspecified atom stereocenters. The lowest BCUT2D eigenvalue weighted by Gasteiger charge is -2.32. The van der Waals surface area contributed by atoms with Crippen molar-refractivity contribution in [3.8, 4) is 0 Å². The van der Waals surface area contributed by atoms with Crippen molar-refractivity contribution in [3.63, 3.8) is 0 Å². The fourth-order valence-electron chi connectivity index (χ4n) is 3.03. The van der Waals surface area contributed by atoms with Crippen LogP contribution in [0, 0.1) is 5.92 Å².